The van der Waals surface area contributed by atoms with Crippen LogP contribution in [0.25, 0.3) is 10.9 Å². The van der Waals surface area contributed by atoms with Crippen molar-refractivity contribution in [2.45, 2.75) is 68.8 Å². The van der Waals surface area contributed by atoms with E-state index in [1.54, 1.807) is 17.7 Å². The first-order chi connectivity index (χ1) is 16.9. The summed E-state index contributed by atoms with van der Waals surface area (Å²) in [6.45, 7) is 5.48. The SMILES string of the molecule is C=CC(Nc1nc(C)nc2cc(=O)n(C34CCC(O)(CC3)CC4)cc12)c1cc(N)cc(C(F)(F)F)c1. The maximum absolute atomic E-state index is 13.4. The lowest BCUT2D eigenvalue weighted by Gasteiger charge is -2.51. The normalized spacial score (nSPS) is 24.6. The number of benzene rings is 1. The van der Waals surface area contributed by atoms with E-state index in [1.807, 2.05) is 0 Å². The Bertz CT molecular complexity index is 1390. The summed E-state index contributed by atoms with van der Waals surface area (Å²) in [4.78, 5) is 22.1. The minimum Gasteiger partial charge on any atom is -0.399 e. The number of nitrogens with one attached hydrogen (secondary N) is 1. The molecule has 3 fully saturated rings. The van der Waals surface area contributed by atoms with Crippen LogP contribution < -0.4 is 16.6 Å². The molecule has 3 aliphatic rings. The van der Waals surface area contributed by atoms with Gasteiger partial charge in [-0.2, -0.15) is 13.2 Å². The zero-order chi connectivity index (χ0) is 25.9. The number of rotatable bonds is 5. The van der Waals surface area contributed by atoms with Crippen LogP contribution in [0.15, 0.2) is 47.9 Å². The third kappa shape index (κ3) is 4.23. The standard InChI is InChI=1S/C26H28F3N5O2/c1-3-20(16-10-17(26(27,28)29)12-18(30)11-16)33-23-19-14-34(22(35)13-21(19)31-15(2)32-23)24-4-7-25(36,8-5-24)9-6-24/h3,10-14,20,36H,1,4-9,30H2,2H3,(H,31,32,33). The third-order valence-electron chi connectivity index (χ3n) is 7.71. The summed E-state index contributed by atoms with van der Waals surface area (Å²) in [6, 6.07) is 4.13. The Kier molecular flexibility index (Phi) is 5.62. The first kappa shape index (κ1) is 24.3. The van der Waals surface area contributed by atoms with Crippen molar-refractivity contribution in [1.82, 2.24) is 14.5 Å². The Labute approximate surface area is 205 Å². The number of aryl methyl sites for hydroxylation is 1. The molecule has 0 spiro atoms. The second kappa shape index (κ2) is 8.33. The fourth-order valence-corrected chi connectivity index (χ4v) is 5.65. The van der Waals surface area contributed by atoms with Crippen molar-refractivity contribution in [2.75, 3.05) is 11.1 Å². The molecule has 1 atom stereocenters. The third-order valence-corrected chi connectivity index (χ3v) is 7.71. The van der Waals surface area contributed by atoms with Crippen LogP contribution in [-0.4, -0.2) is 25.2 Å². The van der Waals surface area contributed by atoms with Gasteiger partial charge in [-0.1, -0.05) is 6.08 Å². The van der Waals surface area contributed by atoms with Crippen molar-refractivity contribution in [3.05, 3.63) is 70.4 Å². The van der Waals surface area contributed by atoms with Gasteiger partial charge in [-0.25, -0.2) is 9.97 Å². The molecule has 0 radical (unpaired) electrons. The molecule has 2 heterocycles. The van der Waals surface area contributed by atoms with Crippen molar-refractivity contribution >= 4 is 22.4 Å². The average Bonchev–Trinajstić information content (AvgIpc) is 2.81. The number of nitrogen functional groups attached to an aromatic ring is 1. The Balaban J connectivity index is 1.58. The van der Waals surface area contributed by atoms with Crippen LogP contribution >= 0.6 is 0 Å². The van der Waals surface area contributed by atoms with Gasteiger partial charge in [-0.15, -0.1) is 6.58 Å². The predicted molar refractivity (Wildman–Crippen MR) is 132 cm³/mol. The molecule has 1 unspecified atom stereocenters. The van der Waals surface area contributed by atoms with Crippen molar-refractivity contribution in [3.8, 4) is 0 Å². The molecule has 3 aromatic rings. The number of aliphatic hydroxyl groups is 1. The minimum atomic E-state index is -4.55. The van der Waals surface area contributed by atoms with Crippen molar-refractivity contribution < 1.29 is 18.3 Å². The number of aromatic nitrogens is 3. The summed E-state index contributed by atoms with van der Waals surface area (Å²) < 4.78 is 41.9. The summed E-state index contributed by atoms with van der Waals surface area (Å²) in [7, 11) is 0. The summed E-state index contributed by atoms with van der Waals surface area (Å²) in [5.41, 5.74) is 4.44. The van der Waals surface area contributed by atoms with Crippen LogP contribution in [-0.2, 0) is 11.7 Å². The largest absolute Gasteiger partial charge is 0.416 e. The van der Waals surface area contributed by atoms with Crippen molar-refractivity contribution in [3.63, 3.8) is 0 Å². The summed E-state index contributed by atoms with van der Waals surface area (Å²) in [5.74, 6) is 0.790. The number of fused-ring (bicyclic) bond motifs is 4. The van der Waals surface area contributed by atoms with E-state index in [0.29, 0.717) is 61.1 Å². The lowest BCUT2D eigenvalue weighted by molar-refractivity contribution is -0.137. The van der Waals surface area contributed by atoms with E-state index in [0.717, 1.165) is 12.1 Å². The Morgan fingerprint density at radius 3 is 2.42 bits per heavy atom. The zero-order valence-electron chi connectivity index (χ0n) is 19.9. The summed E-state index contributed by atoms with van der Waals surface area (Å²) in [5, 5.41) is 14.4. The van der Waals surface area contributed by atoms with Gasteiger partial charge in [0.15, 0.2) is 0 Å². The van der Waals surface area contributed by atoms with Gasteiger partial charge >= 0.3 is 6.18 Å². The number of nitrogens with two attached hydrogens (primary N) is 1. The molecular formula is C26H28F3N5O2. The summed E-state index contributed by atoms with van der Waals surface area (Å²) >= 11 is 0. The Hall–Kier alpha value is -3.40. The van der Waals surface area contributed by atoms with Crippen molar-refractivity contribution in [1.29, 1.82) is 0 Å². The fraction of sp³-hybridized carbons (Fsp3) is 0.423. The molecule has 0 aliphatic heterocycles. The topological polar surface area (TPSA) is 106 Å². The number of hydrogen-bond acceptors (Lipinski definition) is 6. The van der Waals surface area contributed by atoms with Crippen LogP contribution in [0.3, 0.4) is 0 Å². The predicted octanol–water partition coefficient (Wildman–Crippen LogP) is 4.83. The number of anilines is 2. The molecule has 3 saturated carbocycles. The van der Waals surface area contributed by atoms with Gasteiger partial charge in [0.2, 0.25) is 0 Å². The highest BCUT2D eigenvalue weighted by atomic mass is 19.4. The van der Waals surface area contributed by atoms with Gasteiger partial charge in [0.25, 0.3) is 5.56 Å². The Morgan fingerprint density at radius 1 is 1.14 bits per heavy atom. The van der Waals surface area contributed by atoms with Crippen LogP contribution in [0.5, 0.6) is 0 Å². The van der Waals surface area contributed by atoms with Gasteiger partial charge in [0.1, 0.15) is 11.6 Å². The number of halogens is 3. The molecule has 190 valence electrons. The highest BCUT2D eigenvalue weighted by Gasteiger charge is 2.49. The van der Waals surface area contributed by atoms with E-state index in [1.165, 1.54) is 18.2 Å². The monoisotopic (exact) mass is 499 g/mol. The number of hydrogen-bond donors (Lipinski definition) is 3. The zero-order valence-corrected chi connectivity index (χ0v) is 19.9. The van der Waals surface area contributed by atoms with E-state index in [2.05, 4.69) is 21.9 Å². The first-order valence-corrected chi connectivity index (χ1v) is 11.9. The minimum absolute atomic E-state index is 0.0142. The molecule has 10 heteroatoms. The van der Waals surface area contributed by atoms with Crippen molar-refractivity contribution in [2.24, 2.45) is 0 Å². The van der Waals surface area contributed by atoms with Gasteiger partial charge < -0.3 is 20.7 Å². The van der Waals surface area contributed by atoms with Crippen LogP contribution in [0.1, 0.15) is 61.5 Å². The highest BCUT2D eigenvalue weighted by Crippen LogP contribution is 2.50. The summed E-state index contributed by atoms with van der Waals surface area (Å²) in [6.07, 6.45) is 2.70. The molecule has 1 aromatic carbocycles. The van der Waals surface area contributed by atoms with Crippen LogP contribution in [0, 0.1) is 6.92 Å². The van der Waals surface area contributed by atoms with E-state index in [9.17, 15) is 23.1 Å². The molecule has 3 aliphatic carbocycles. The molecule has 36 heavy (non-hydrogen) atoms. The number of nitrogens with zero attached hydrogens (tertiary/aromatic N) is 3. The first-order valence-electron chi connectivity index (χ1n) is 11.9. The average molecular weight is 500 g/mol. The van der Waals surface area contributed by atoms with Gasteiger partial charge in [0.05, 0.1) is 28.1 Å². The maximum atomic E-state index is 13.4. The molecule has 0 saturated heterocycles. The molecular weight excluding hydrogens is 471 g/mol. The molecule has 7 nitrogen and oxygen atoms in total. The smallest absolute Gasteiger partial charge is 0.399 e. The van der Waals surface area contributed by atoms with E-state index in [-0.39, 0.29) is 22.3 Å². The van der Waals surface area contributed by atoms with Gasteiger partial charge in [0, 0.05) is 23.5 Å². The molecule has 0 amide bonds. The Morgan fingerprint density at radius 2 is 1.81 bits per heavy atom. The lowest BCUT2D eigenvalue weighted by Crippen LogP contribution is -2.53. The number of pyridine rings is 1. The van der Waals surface area contributed by atoms with Crippen LogP contribution in [0.2, 0.25) is 0 Å². The van der Waals surface area contributed by atoms with Crippen LogP contribution in [0.4, 0.5) is 24.7 Å². The van der Waals surface area contributed by atoms with Gasteiger partial charge in [-0.05, 0) is 69.2 Å². The lowest BCUT2D eigenvalue weighted by atomic mass is 9.63. The second-order valence-electron chi connectivity index (χ2n) is 10.1. The molecule has 2 bridgehead atoms. The number of alkyl halides is 3. The maximum Gasteiger partial charge on any atom is 0.416 e. The quantitative estimate of drug-likeness (QED) is 0.343. The molecule has 4 N–H and O–H groups in total. The molecule has 6 rings (SSSR count). The van der Waals surface area contributed by atoms with Gasteiger partial charge in [-0.3, -0.25) is 4.79 Å². The fourth-order valence-electron chi connectivity index (χ4n) is 5.65. The second-order valence-corrected chi connectivity index (χ2v) is 10.1. The van der Waals surface area contributed by atoms with E-state index < -0.39 is 23.4 Å². The molecule has 2 aromatic heterocycles. The van der Waals surface area contributed by atoms with E-state index >= 15 is 0 Å². The van der Waals surface area contributed by atoms with E-state index in [4.69, 9.17) is 5.73 Å². The highest BCUT2D eigenvalue weighted by molar-refractivity contribution is 5.88.